The van der Waals surface area contributed by atoms with Crippen LogP contribution in [0, 0.1) is 0 Å². The summed E-state index contributed by atoms with van der Waals surface area (Å²) in [6.07, 6.45) is 0. The maximum Gasteiger partial charge on any atom is 0.157 e. The quantitative estimate of drug-likeness (QED) is 0.133. The zero-order valence-electron chi connectivity index (χ0n) is 37.8. The third-order valence-corrected chi connectivity index (χ3v) is 18.6. The largest absolute Gasteiger partial charge is 0.456 e. The lowest BCUT2D eigenvalue weighted by molar-refractivity contribution is 0.668. The number of nitrogens with zero attached hydrogens (tertiary/aromatic N) is 2. The van der Waals surface area contributed by atoms with Crippen molar-refractivity contribution in [3.05, 3.63) is 217 Å². The zero-order valence-corrected chi connectivity index (χ0v) is 41.0. The van der Waals surface area contributed by atoms with Gasteiger partial charge < -0.3 is 10.2 Å². The Bertz CT molecular complexity index is 4770. The fraction of sp³-hybridized carbons (Fsp3) is 0.0159. The predicted molar refractivity (Wildman–Crippen MR) is 310 cm³/mol. The summed E-state index contributed by atoms with van der Waals surface area (Å²) in [4.78, 5) is 10.5. The molecule has 0 saturated heterocycles. The van der Waals surface area contributed by atoms with Gasteiger partial charge in [0.15, 0.2) is 5.84 Å². The molecule has 0 fully saturated rings. The fourth-order valence-corrected chi connectivity index (χ4v) is 15.3. The first-order valence-corrected chi connectivity index (χ1v) is 26.9. The second kappa shape index (κ2) is 16.0. The van der Waals surface area contributed by atoms with Crippen molar-refractivity contribution in [3.63, 3.8) is 0 Å². The number of amidine groups is 2. The van der Waals surface area contributed by atoms with E-state index < -0.39 is 0 Å². The van der Waals surface area contributed by atoms with E-state index in [1.54, 1.807) is 22.7 Å². The highest BCUT2D eigenvalue weighted by Gasteiger charge is 2.19. The highest BCUT2D eigenvalue weighted by atomic mass is 32.1. The number of hydrogen-bond acceptors (Lipinski definition) is 6. The van der Waals surface area contributed by atoms with Gasteiger partial charge in [-0.3, -0.25) is 4.99 Å². The number of furan rings is 1. The Morgan fingerprint density at radius 1 is 0.380 bits per heavy atom. The van der Waals surface area contributed by atoms with Crippen LogP contribution in [0.25, 0.3) is 125 Å². The van der Waals surface area contributed by atoms with Gasteiger partial charge in [0.25, 0.3) is 0 Å². The van der Waals surface area contributed by atoms with Crippen molar-refractivity contribution < 1.29 is 4.42 Å². The van der Waals surface area contributed by atoms with Crippen LogP contribution < -0.4 is 5.73 Å². The maximum absolute atomic E-state index is 6.99. The summed E-state index contributed by atoms with van der Waals surface area (Å²) in [7, 11) is 0. The van der Waals surface area contributed by atoms with E-state index in [0.29, 0.717) is 18.2 Å². The number of benzene rings is 10. The summed E-state index contributed by atoms with van der Waals surface area (Å²) in [5.74, 6) is 1.01. The summed E-state index contributed by atoms with van der Waals surface area (Å²) in [6.45, 7) is 0.375. The molecule has 4 nitrogen and oxygen atoms in total. The van der Waals surface area contributed by atoms with Crippen LogP contribution in [0.1, 0.15) is 16.7 Å². The molecule has 0 spiro atoms. The molecule has 0 saturated carbocycles. The van der Waals surface area contributed by atoms with Crippen molar-refractivity contribution in [2.75, 3.05) is 0 Å². The van der Waals surface area contributed by atoms with Gasteiger partial charge in [0.2, 0.25) is 0 Å². The maximum atomic E-state index is 6.99. The lowest BCUT2D eigenvalue weighted by atomic mass is 9.93. The lowest BCUT2D eigenvalue weighted by Crippen LogP contribution is -2.16. The van der Waals surface area contributed by atoms with Gasteiger partial charge in [-0.05, 0) is 94.5 Å². The Morgan fingerprint density at radius 3 is 1.52 bits per heavy atom. The van der Waals surface area contributed by atoms with Gasteiger partial charge in [0.05, 0.1) is 6.54 Å². The average molecular weight is 980 g/mol. The molecule has 71 heavy (non-hydrogen) atoms. The van der Waals surface area contributed by atoms with Gasteiger partial charge in [-0.1, -0.05) is 133 Å². The van der Waals surface area contributed by atoms with E-state index in [1.807, 2.05) is 22.7 Å². The third-order valence-electron chi connectivity index (χ3n) is 14.0. The molecule has 0 unspecified atom stereocenters. The van der Waals surface area contributed by atoms with Crippen molar-refractivity contribution in [3.8, 4) is 22.3 Å². The first kappa shape index (κ1) is 40.9. The van der Waals surface area contributed by atoms with Crippen LogP contribution in [-0.2, 0) is 6.54 Å². The topological polar surface area (TPSA) is 63.9 Å². The summed E-state index contributed by atoms with van der Waals surface area (Å²) >= 11 is 7.29. The van der Waals surface area contributed by atoms with Crippen molar-refractivity contribution >= 4 is 160 Å². The molecule has 5 aromatic heterocycles. The SMILES string of the molecule is NC(=NC(=NCc1cccc2oc3ccc(-c4cccc5sc6cccc(-c7ccc8c(c7)sc7ccccc78)c6c45)cc3c12)c1ccc2c(c1)sc1ccccc12)c1ccc2c(c1)sc1ccccc12. The van der Waals surface area contributed by atoms with E-state index in [1.165, 1.54) is 97.4 Å². The standard InChI is InChI=1S/C63H37N3OS4/c64-62(37-23-27-46-43-12-2-5-18-52(43)69-57(46)32-37)66-63(38-24-28-47-44-13-3-6-19-53(44)70-58(47)33-38)65-34-39-10-7-16-50-59(39)48-30-35(25-29-49(48)67-50)40-14-8-20-54-60(40)61-41(15-9-21-55(61)71-54)36-22-26-45-42-11-1-4-17-51(42)68-56(45)31-36/h1-33H,34H2,(H2,64,65,66). The summed E-state index contributed by atoms with van der Waals surface area (Å²) < 4.78 is 16.7. The van der Waals surface area contributed by atoms with E-state index in [9.17, 15) is 0 Å². The second-order valence-corrected chi connectivity index (χ2v) is 22.5. The monoisotopic (exact) mass is 979 g/mol. The van der Waals surface area contributed by atoms with Gasteiger partial charge in [-0.15, -0.1) is 45.3 Å². The Kier molecular flexibility index (Phi) is 9.23. The molecule has 0 aliphatic carbocycles. The van der Waals surface area contributed by atoms with Crippen molar-refractivity contribution in [1.29, 1.82) is 0 Å². The predicted octanol–water partition coefficient (Wildman–Crippen LogP) is 18.7. The highest BCUT2D eigenvalue weighted by molar-refractivity contribution is 7.27. The number of thiophene rings is 4. The van der Waals surface area contributed by atoms with Crippen LogP contribution in [0.2, 0.25) is 0 Å². The molecular formula is C63H37N3OS4. The van der Waals surface area contributed by atoms with Crippen molar-refractivity contribution in [1.82, 2.24) is 0 Å². The van der Waals surface area contributed by atoms with Crippen LogP contribution in [0.3, 0.4) is 0 Å². The molecule has 0 amide bonds. The Labute approximate surface area is 422 Å². The minimum absolute atomic E-state index is 0.375. The van der Waals surface area contributed by atoms with E-state index in [0.717, 1.165) is 44.2 Å². The zero-order chi connectivity index (χ0) is 46.7. The lowest BCUT2D eigenvalue weighted by Gasteiger charge is -2.09. The molecule has 2 N–H and O–H groups in total. The van der Waals surface area contributed by atoms with E-state index in [2.05, 4.69) is 200 Å². The minimum atomic E-state index is 0.375. The van der Waals surface area contributed by atoms with E-state index in [-0.39, 0.29) is 0 Å². The third kappa shape index (κ3) is 6.60. The molecule has 5 heterocycles. The van der Waals surface area contributed by atoms with Crippen LogP contribution >= 0.6 is 45.3 Å². The number of hydrogen-bond donors (Lipinski definition) is 1. The Morgan fingerprint density at radius 2 is 0.873 bits per heavy atom. The average Bonchev–Trinajstić information content (AvgIpc) is 4.25. The van der Waals surface area contributed by atoms with Gasteiger partial charge in [0.1, 0.15) is 17.0 Å². The van der Waals surface area contributed by atoms with Gasteiger partial charge in [-0.25, -0.2) is 4.99 Å². The first-order chi connectivity index (χ1) is 35.1. The molecule has 0 aliphatic heterocycles. The summed E-state index contributed by atoms with van der Waals surface area (Å²) in [5, 5.41) is 12.3. The number of rotatable bonds is 6. The van der Waals surface area contributed by atoms with E-state index in [4.69, 9.17) is 20.1 Å². The summed E-state index contributed by atoms with van der Waals surface area (Å²) in [6, 6.07) is 72.2. The number of nitrogens with two attached hydrogens (primary N) is 1. The minimum Gasteiger partial charge on any atom is -0.456 e. The molecule has 15 aromatic rings. The molecule has 0 bridgehead atoms. The molecule has 0 radical (unpaired) electrons. The highest BCUT2D eigenvalue weighted by Crippen LogP contribution is 2.47. The molecule has 15 rings (SSSR count). The van der Waals surface area contributed by atoms with E-state index >= 15 is 0 Å². The molecule has 0 atom stereocenters. The molecule has 8 heteroatoms. The van der Waals surface area contributed by atoms with Gasteiger partial charge in [-0.2, -0.15) is 0 Å². The number of aliphatic imine (C=N–C) groups is 2. The first-order valence-electron chi connectivity index (χ1n) is 23.6. The molecule has 0 aliphatic rings. The number of fused-ring (bicyclic) bond motifs is 15. The molecular weight excluding hydrogens is 943 g/mol. The molecule has 10 aromatic carbocycles. The van der Waals surface area contributed by atoms with Crippen LogP contribution in [0.15, 0.2) is 215 Å². The normalized spacial score (nSPS) is 12.8. The molecule has 334 valence electrons. The van der Waals surface area contributed by atoms with Crippen molar-refractivity contribution in [2.24, 2.45) is 15.7 Å². The fourth-order valence-electron chi connectivity index (χ4n) is 10.7. The van der Waals surface area contributed by atoms with Crippen LogP contribution in [-0.4, -0.2) is 11.7 Å². The summed E-state index contributed by atoms with van der Waals surface area (Å²) in [5.41, 5.74) is 16.3. The van der Waals surface area contributed by atoms with Gasteiger partial charge in [0, 0.05) is 103 Å². The van der Waals surface area contributed by atoms with Crippen molar-refractivity contribution in [2.45, 2.75) is 6.54 Å². The van der Waals surface area contributed by atoms with Crippen LogP contribution in [0.5, 0.6) is 0 Å². The van der Waals surface area contributed by atoms with Crippen LogP contribution in [0.4, 0.5) is 0 Å². The Hall–Kier alpha value is -7.98. The van der Waals surface area contributed by atoms with Gasteiger partial charge >= 0.3 is 0 Å². The Balaban J connectivity index is 0.857. The second-order valence-electron chi connectivity index (χ2n) is 18.1. The smallest absolute Gasteiger partial charge is 0.157 e.